The van der Waals surface area contributed by atoms with Crippen LogP contribution < -0.4 is 0 Å². The first-order valence-electron chi connectivity index (χ1n) is 3.81. The Kier molecular flexibility index (Phi) is 4.09. The van der Waals surface area contributed by atoms with Crippen molar-refractivity contribution >= 4 is 0 Å². The molecule has 0 aromatic heterocycles. The number of hydrogen-bond donors (Lipinski definition) is 1. The van der Waals surface area contributed by atoms with E-state index in [4.69, 9.17) is 5.26 Å². The molecule has 0 aliphatic carbocycles. The smallest absolute Gasteiger partial charge is 0.0866 e. The van der Waals surface area contributed by atoms with Crippen molar-refractivity contribution in [2.75, 3.05) is 19.6 Å². The predicted octanol–water partition coefficient (Wildman–Crippen LogP) is 0.603. The zero-order chi connectivity index (χ0) is 8.91. The largest absolute Gasteiger partial charge is 0.389 e. The topological polar surface area (TPSA) is 47.3 Å². The highest BCUT2D eigenvalue weighted by molar-refractivity contribution is 4.80. The van der Waals surface area contributed by atoms with Crippen molar-refractivity contribution in [1.82, 2.24) is 4.90 Å². The number of nitrogens with zero attached hydrogens (tertiary/aromatic N) is 2. The summed E-state index contributed by atoms with van der Waals surface area (Å²) >= 11 is 0. The van der Waals surface area contributed by atoms with E-state index < -0.39 is 5.60 Å². The SMILES string of the molecule is CCN(CC#N)CC(C)(C)O. The Morgan fingerprint density at radius 1 is 1.55 bits per heavy atom. The average molecular weight is 156 g/mol. The van der Waals surface area contributed by atoms with Gasteiger partial charge in [0.15, 0.2) is 0 Å². The van der Waals surface area contributed by atoms with E-state index in [0.717, 1.165) is 6.54 Å². The lowest BCUT2D eigenvalue weighted by molar-refractivity contribution is 0.0421. The second kappa shape index (κ2) is 4.32. The summed E-state index contributed by atoms with van der Waals surface area (Å²) in [4.78, 5) is 1.90. The maximum atomic E-state index is 9.39. The molecule has 0 heterocycles. The van der Waals surface area contributed by atoms with E-state index in [-0.39, 0.29) is 0 Å². The lowest BCUT2D eigenvalue weighted by atomic mass is 10.1. The number of nitriles is 1. The quantitative estimate of drug-likeness (QED) is 0.606. The summed E-state index contributed by atoms with van der Waals surface area (Å²) in [5.74, 6) is 0. The third kappa shape index (κ3) is 5.84. The van der Waals surface area contributed by atoms with Crippen LogP contribution in [-0.4, -0.2) is 35.2 Å². The van der Waals surface area contributed by atoms with Crippen LogP contribution in [0.4, 0.5) is 0 Å². The van der Waals surface area contributed by atoms with Gasteiger partial charge in [-0.1, -0.05) is 6.92 Å². The molecule has 64 valence electrons. The van der Waals surface area contributed by atoms with Crippen molar-refractivity contribution in [3.63, 3.8) is 0 Å². The van der Waals surface area contributed by atoms with Crippen molar-refractivity contribution < 1.29 is 5.11 Å². The monoisotopic (exact) mass is 156 g/mol. The lowest BCUT2D eigenvalue weighted by Gasteiger charge is -2.25. The minimum absolute atomic E-state index is 0.389. The third-order valence-corrected chi connectivity index (χ3v) is 1.35. The Balaban J connectivity index is 3.80. The van der Waals surface area contributed by atoms with E-state index >= 15 is 0 Å². The highest BCUT2D eigenvalue weighted by Crippen LogP contribution is 2.03. The van der Waals surface area contributed by atoms with E-state index in [1.165, 1.54) is 0 Å². The summed E-state index contributed by atoms with van der Waals surface area (Å²) in [5, 5.41) is 17.8. The number of aliphatic hydroxyl groups is 1. The molecule has 0 radical (unpaired) electrons. The Morgan fingerprint density at radius 3 is 2.36 bits per heavy atom. The first kappa shape index (κ1) is 10.4. The van der Waals surface area contributed by atoms with Gasteiger partial charge in [-0.25, -0.2) is 0 Å². The van der Waals surface area contributed by atoms with E-state index in [9.17, 15) is 5.11 Å². The Morgan fingerprint density at radius 2 is 2.09 bits per heavy atom. The van der Waals surface area contributed by atoms with Gasteiger partial charge < -0.3 is 5.11 Å². The average Bonchev–Trinajstić information content (AvgIpc) is 1.84. The summed E-state index contributed by atoms with van der Waals surface area (Å²) in [6, 6.07) is 2.06. The van der Waals surface area contributed by atoms with Crippen molar-refractivity contribution in [2.24, 2.45) is 0 Å². The third-order valence-electron chi connectivity index (χ3n) is 1.35. The van der Waals surface area contributed by atoms with Gasteiger partial charge in [-0.2, -0.15) is 5.26 Å². The highest BCUT2D eigenvalue weighted by atomic mass is 16.3. The summed E-state index contributed by atoms with van der Waals surface area (Å²) < 4.78 is 0. The minimum atomic E-state index is -0.702. The van der Waals surface area contributed by atoms with Crippen LogP contribution in [-0.2, 0) is 0 Å². The fraction of sp³-hybridized carbons (Fsp3) is 0.875. The van der Waals surface area contributed by atoms with Crippen LogP contribution in [0.25, 0.3) is 0 Å². The van der Waals surface area contributed by atoms with Gasteiger partial charge >= 0.3 is 0 Å². The molecule has 0 aliphatic heterocycles. The number of rotatable bonds is 4. The maximum absolute atomic E-state index is 9.39. The molecular weight excluding hydrogens is 140 g/mol. The van der Waals surface area contributed by atoms with Gasteiger partial charge in [0, 0.05) is 6.54 Å². The van der Waals surface area contributed by atoms with E-state index in [0.29, 0.717) is 13.1 Å². The van der Waals surface area contributed by atoms with E-state index in [1.807, 2.05) is 11.8 Å². The van der Waals surface area contributed by atoms with Gasteiger partial charge in [0.05, 0.1) is 18.2 Å². The highest BCUT2D eigenvalue weighted by Gasteiger charge is 2.16. The molecule has 0 unspecified atom stereocenters. The summed E-state index contributed by atoms with van der Waals surface area (Å²) in [7, 11) is 0. The normalized spacial score (nSPS) is 11.6. The second-order valence-electron chi connectivity index (χ2n) is 3.27. The van der Waals surface area contributed by atoms with Crippen LogP contribution >= 0.6 is 0 Å². The van der Waals surface area contributed by atoms with Crippen LogP contribution in [0.2, 0.25) is 0 Å². The first-order chi connectivity index (χ1) is 4.99. The van der Waals surface area contributed by atoms with Crippen LogP contribution in [0.3, 0.4) is 0 Å². The predicted molar refractivity (Wildman–Crippen MR) is 44.0 cm³/mol. The fourth-order valence-electron chi connectivity index (χ4n) is 0.927. The molecule has 0 aliphatic rings. The molecule has 0 fully saturated rings. The van der Waals surface area contributed by atoms with Crippen molar-refractivity contribution in [2.45, 2.75) is 26.4 Å². The second-order valence-corrected chi connectivity index (χ2v) is 3.27. The summed E-state index contributed by atoms with van der Waals surface area (Å²) in [6.07, 6.45) is 0. The Bertz CT molecular complexity index is 143. The summed E-state index contributed by atoms with van der Waals surface area (Å²) in [5.41, 5.74) is -0.702. The fourth-order valence-corrected chi connectivity index (χ4v) is 0.927. The molecular formula is C8H16N2O. The van der Waals surface area contributed by atoms with Gasteiger partial charge in [0.2, 0.25) is 0 Å². The van der Waals surface area contributed by atoms with Crippen molar-refractivity contribution in [1.29, 1.82) is 5.26 Å². The molecule has 0 atom stereocenters. The van der Waals surface area contributed by atoms with Gasteiger partial charge in [-0.15, -0.1) is 0 Å². The number of likely N-dealkylation sites (N-methyl/N-ethyl adjacent to an activating group) is 1. The van der Waals surface area contributed by atoms with Crippen molar-refractivity contribution in [3.8, 4) is 6.07 Å². The molecule has 0 saturated carbocycles. The molecule has 0 bridgehead atoms. The van der Waals surface area contributed by atoms with Crippen LogP contribution in [0.15, 0.2) is 0 Å². The molecule has 1 N–H and O–H groups in total. The van der Waals surface area contributed by atoms with Crippen LogP contribution in [0, 0.1) is 11.3 Å². The molecule has 0 amide bonds. The minimum Gasteiger partial charge on any atom is -0.389 e. The van der Waals surface area contributed by atoms with Gasteiger partial charge in [-0.3, -0.25) is 4.90 Å². The molecule has 3 nitrogen and oxygen atoms in total. The molecule has 3 heteroatoms. The summed E-state index contributed by atoms with van der Waals surface area (Å²) in [6.45, 7) is 7.21. The van der Waals surface area contributed by atoms with Gasteiger partial charge in [0.25, 0.3) is 0 Å². The maximum Gasteiger partial charge on any atom is 0.0866 e. The molecule has 0 saturated heterocycles. The zero-order valence-corrected chi connectivity index (χ0v) is 7.46. The van der Waals surface area contributed by atoms with Crippen LogP contribution in [0.1, 0.15) is 20.8 Å². The zero-order valence-electron chi connectivity index (χ0n) is 7.46. The first-order valence-corrected chi connectivity index (χ1v) is 3.81. The van der Waals surface area contributed by atoms with Crippen LogP contribution in [0.5, 0.6) is 0 Å². The molecule has 0 aromatic carbocycles. The van der Waals surface area contributed by atoms with E-state index in [2.05, 4.69) is 6.07 Å². The lowest BCUT2D eigenvalue weighted by Crippen LogP contribution is -2.38. The van der Waals surface area contributed by atoms with Crippen molar-refractivity contribution in [3.05, 3.63) is 0 Å². The molecule has 0 rings (SSSR count). The Hall–Kier alpha value is -0.590. The van der Waals surface area contributed by atoms with Gasteiger partial charge in [-0.05, 0) is 20.4 Å². The Labute approximate surface area is 68.2 Å². The molecule has 0 spiro atoms. The van der Waals surface area contributed by atoms with E-state index in [1.54, 1.807) is 13.8 Å². The van der Waals surface area contributed by atoms with Gasteiger partial charge in [0.1, 0.15) is 0 Å². The molecule has 0 aromatic rings. The number of hydrogen-bond acceptors (Lipinski definition) is 3. The standard InChI is InChI=1S/C8H16N2O/c1-4-10(6-5-9)7-8(2,3)11/h11H,4,6-7H2,1-3H3. The molecule has 11 heavy (non-hydrogen) atoms.